The highest BCUT2D eigenvalue weighted by atomic mass is 32.1. The molecule has 0 radical (unpaired) electrons. The fourth-order valence-electron chi connectivity index (χ4n) is 1.92. The number of thiazole rings is 1. The number of nitrogens with zero attached hydrogens (tertiary/aromatic N) is 2. The number of nitrogens with two attached hydrogens (primary N) is 1. The highest BCUT2D eigenvalue weighted by Crippen LogP contribution is 2.31. The number of rotatable bonds is 5. The van der Waals surface area contributed by atoms with E-state index in [1.807, 2.05) is 11.8 Å². The number of amides is 1. The van der Waals surface area contributed by atoms with E-state index in [9.17, 15) is 4.79 Å². The lowest BCUT2D eigenvalue weighted by atomic mass is 10.3. The zero-order valence-electron chi connectivity index (χ0n) is 10.4. The Labute approximate surface area is 106 Å². The SMILES string of the molecule is CCCN(CC1CC1)C(=O)c1sc(N)nc1C. The summed E-state index contributed by atoms with van der Waals surface area (Å²) in [6.07, 6.45) is 3.51. The van der Waals surface area contributed by atoms with Gasteiger partial charge in [-0.1, -0.05) is 18.3 Å². The Morgan fingerprint density at radius 1 is 1.59 bits per heavy atom. The summed E-state index contributed by atoms with van der Waals surface area (Å²) in [5.41, 5.74) is 6.40. The van der Waals surface area contributed by atoms with Crippen LogP contribution in [0.3, 0.4) is 0 Å². The molecule has 1 heterocycles. The van der Waals surface area contributed by atoms with Crippen LogP contribution in [0.15, 0.2) is 0 Å². The Morgan fingerprint density at radius 2 is 2.29 bits per heavy atom. The molecule has 94 valence electrons. The van der Waals surface area contributed by atoms with Crippen LogP contribution >= 0.6 is 11.3 Å². The summed E-state index contributed by atoms with van der Waals surface area (Å²) in [6.45, 7) is 5.67. The summed E-state index contributed by atoms with van der Waals surface area (Å²) in [5, 5.41) is 0.480. The van der Waals surface area contributed by atoms with Gasteiger partial charge in [-0.3, -0.25) is 4.79 Å². The van der Waals surface area contributed by atoms with Gasteiger partial charge in [0, 0.05) is 13.1 Å². The fourth-order valence-corrected chi connectivity index (χ4v) is 2.72. The lowest BCUT2D eigenvalue weighted by Gasteiger charge is -2.21. The lowest BCUT2D eigenvalue weighted by molar-refractivity contribution is 0.0751. The van der Waals surface area contributed by atoms with Crippen molar-refractivity contribution in [2.75, 3.05) is 18.8 Å². The van der Waals surface area contributed by atoms with Crippen LogP contribution in [0, 0.1) is 12.8 Å². The Hall–Kier alpha value is -1.10. The van der Waals surface area contributed by atoms with Crippen molar-refractivity contribution in [3.63, 3.8) is 0 Å². The molecule has 1 fully saturated rings. The van der Waals surface area contributed by atoms with Crippen molar-refractivity contribution in [1.82, 2.24) is 9.88 Å². The van der Waals surface area contributed by atoms with Gasteiger partial charge in [0.05, 0.1) is 5.69 Å². The summed E-state index contributed by atoms with van der Waals surface area (Å²) in [4.78, 5) is 19.2. The molecule has 5 heteroatoms. The van der Waals surface area contributed by atoms with Gasteiger partial charge in [-0.2, -0.15) is 0 Å². The molecule has 2 N–H and O–H groups in total. The van der Waals surface area contributed by atoms with Crippen LogP contribution in [0.5, 0.6) is 0 Å². The molecule has 0 bridgehead atoms. The van der Waals surface area contributed by atoms with Gasteiger partial charge in [-0.05, 0) is 32.1 Å². The molecule has 1 saturated carbocycles. The molecule has 0 saturated heterocycles. The maximum Gasteiger partial charge on any atom is 0.265 e. The third-order valence-electron chi connectivity index (χ3n) is 2.96. The second kappa shape index (κ2) is 5.04. The number of carbonyl (C=O) groups excluding carboxylic acids is 1. The van der Waals surface area contributed by atoms with Gasteiger partial charge in [0.25, 0.3) is 5.91 Å². The standard InChI is InChI=1S/C12H19N3OS/c1-3-6-15(7-9-4-5-9)11(16)10-8(2)14-12(13)17-10/h9H,3-7H2,1-2H3,(H2,13,14). The van der Waals surface area contributed by atoms with Crippen LogP contribution < -0.4 is 5.73 Å². The van der Waals surface area contributed by atoms with E-state index in [0.29, 0.717) is 10.0 Å². The Kier molecular flexibility index (Phi) is 3.66. The molecular weight excluding hydrogens is 234 g/mol. The first-order valence-corrected chi connectivity index (χ1v) is 6.95. The quantitative estimate of drug-likeness (QED) is 0.876. The molecule has 1 aromatic rings. The third-order valence-corrected chi connectivity index (χ3v) is 3.94. The first-order valence-electron chi connectivity index (χ1n) is 6.14. The molecule has 0 aromatic carbocycles. The van der Waals surface area contributed by atoms with E-state index >= 15 is 0 Å². The summed E-state index contributed by atoms with van der Waals surface area (Å²) in [6, 6.07) is 0. The van der Waals surface area contributed by atoms with Gasteiger partial charge in [0.15, 0.2) is 5.13 Å². The zero-order valence-corrected chi connectivity index (χ0v) is 11.2. The second-order valence-electron chi connectivity index (χ2n) is 4.66. The molecule has 1 aromatic heterocycles. The van der Waals surface area contributed by atoms with Crippen molar-refractivity contribution in [1.29, 1.82) is 0 Å². The molecule has 1 aliphatic rings. The normalized spacial score (nSPS) is 14.9. The molecule has 1 amide bonds. The van der Waals surface area contributed by atoms with E-state index in [-0.39, 0.29) is 5.91 Å². The Balaban J connectivity index is 2.11. The molecule has 4 nitrogen and oxygen atoms in total. The van der Waals surface area contributed by atoms with Crippen molar-refractivity contribution >= 4 is 22.4 Å². The van der Waals surface area contributed by atoms with Gasteiger partial charge in [0.2, 0.25) is 0 Å². The predicted octanol–water partition coefficient (Wildman–Crippen LogP) is 2.30. The molecule has 17 heavy (non-hydrogen) atoms. The van der Waals surface area contributed by atoms with Crippen LogP contribution in [0.2, 0.25) is 0 Å². The summed E-state index contributed by atoms with van der Waals surface area (Å²) in [5.74, 6) is 0.821. The number of anilines is 1. The molecule has 0 aliphatic heterocycles. The van der Waals surface area contributed by atoms with E-state index in [4.69, 9.17) is 5.73 Å². The topological polar surface area (TPSA) is 59.2 Å². The maximum absolute atomic E-state index is 12.4. The summed E-state index contributed by atoms with van der Waals surface area (Å²) in [7, 11) is 0. The predicted molar refractivity (Wildman–Crippen MR) is 70.2 cm³/mol. The molecule has 0 spiro atoms. The van der Waals surface area contributed by atoms with Crippen molar-refractivity contribution in [2.45, 2.75) is 33.1 Å². The van der Waals surface area contributed by atoms with E-state index in [1.165, 1.54) is 24.2 Å². The van der Waals surface area contributed by atoms with Crippen LogP contribution in [-0.2, 0) is 0 Å². The van der Waals surface area contributed by atoms with Gasteiger partial charge in [-0.25, -0.2) is 4.98 Å². The average Bonchev–Trinajstić information content (AvgIpc) is 3.02. The monoisotopic (exact) mass is 253 g/mol. The number of hydrogen-bond donors (Lipinski definition) is 1. The number of aromatic nitrogens is 1. The van der Waals surface area contributed by atoms with Gasteiger partial charge >= 0.3 is 0 Å². The van der Waals surface area contributed by atoms with Gasteiger partial charge < -0.3 is 10.6 Å². The van der Waals surface area contributed by atoms with Crippen LogP contribution in [0.25, 0.3) is 0 Å². The first kappa shape index (κ1) is 12.4. The minimum absolute atomic E-state index is 0.102. The fraction of sp³-hybridized carbons (Fsp3) is 0.667. The van der Waals surface area contributed by atoms with Crippen molar-refractivity contribution in [3.05, 3.63) is 10.6 Å². The number of carbonyl (C=O) groups is 1. The summed E-state index contributed by atoms with van der Waals surface area (Å²) < 4.78 is 0. The van der Waals surface area contributed by atoms with E-state index in [2.05, 4.69) is 11.9 Å². The zero-order chi connectivity index (χ0) is 12.4. The molecular formula is C12H19N3OS. The Morgan fingerprint density at radius 3 is 2.76 bits per heavy atom. The third kappa shape index (κ3) is 2.97. The molecule has 1 aliphatic carbocycles. The van der Waals surface area contributed by atoms with Crippen LogP contribution in [0.4, 0.5) is 5.13 Å². The minimum Gasteiger partial charge on any atom is -0.375 e. The minimum atomic E-state index is 0.102. The number of hydrogen-bond acceptors (Lipinski definition) is 4. The molecule has 0 atom stereocenters. The van der Waals surface area contributed by atoms with Crippen molar-refractivity contribution in [3.8, 4) is 0 Å². The highest BCUT2D eigenvalue weighted by molar-refractivity contribution is 7.17. The largest absolute Gasteiger partial charge is 0.375 e. The van der Waals surface area contributed by atoms with Gasteiger partial charge in [0.1, 0.15) is 4.88 Å². The maximum atomic E-state index is 12.4. The first-order chi connectivity index (χ1) is 8.11. The number of nitrogen functional groups attached to an aromatic ring is 1. The van der Waals surface area contributed by atoms with Crippen molar-refractivity contribution < 1.29 is 4.79 Å². The lowest BCUT2D eigenvalue weighted by Crippen LogP contribution is -2.33. The molecule has 2 rings (SSSR count). The van der Waals surface area contributed by atoms with Gasteiger partial charge in [-0.15, -0.1) is 0 Å². The second-order valence-corrected chi connectivity index (χ2v) is 5.69. The molecule has 0 unspecified atom stereocenters. The smallest absolute Gasteiger partial charge is 0.265 e. The van der Waals surface area contributed by atoms with E-state index in [1.54, 1.807) is 0 Å². The van der Waals surface area contributed by atoms with E-state index < -0.39 is 0 Å². The van der Waals surface area contributed by atoms with Crippen LogP contribution in [-0.4, -0.2) is 28.9 Å². The van der Waals surface area contributed by atoms with Crippen molar-refractivity contribution in [2.24, 2.45) is 5.92 Å². The van der Waals surface area contributed by atoms with E-state index in [0.717, 1.165) is 31.1 Å². The van der Waals surface area contributed by atoms with Crippen LogP contribution in [0.1, 0.15) is 41.6 Å². The average molecular weight is 253 g/mol. The Bertz CT molecular complexity index is 412. The highest BCUT2D eigenvalue weighted by Gasteiger charge is 2.28. The number of aryl methyl sites for hydroxylation is 1. The summed E-state index contributed by atoms with van der Waals surface area (Å²) >= 11 is 1.30.